The summed E-state index contributed by atoms with van der Waals surface area (Å²) in [6.07, 6.45) is 4.71. The second-order valence-electron chi connectivity index (χ2n) is 8.52. The number of ether oxygens (including phenoxy) is 2. The van der Waals surface area contributed by atoms with Crippen molar-refractivity contribution in [3.05, 3.63) is 58.5 Å². The molecule has 0 bridgehead atoms. The molecule has 1 aromatic heterocycles. The van der Waals surface area contributed by atoms with Crippen molar-refractivity contribution < 1.29 is 14.6 Å². The first-order valence-electron chi connectivity index (χ1n) is 11.4. The lowest BCUT2D eigenvalue weighted by Gasteiger charge is -2.25. The molecule has 0 aliphatic heterocycles. The lowest BCUT2D eigenvalue weighted by atomic mass is 9.94. The smallest absolute Gasteiger partial charge is 0.122 e. The first kappa shape index (κ1) is 23.6. The van der Waals surface area contributed by atoms with E-state index in [1.165, 1.54) is 20.5 Å². The van der Waals surface area contributed by atoms with Crippen molar-refractivity contribution in [2.75, 3.05) is 13.7 Å². The number of aliphatic hydroxyl groups is 1. The lowest BCUT2D eigenvalue weighted by Crippen LogP contribution is -2.34. The van der Waals surface area contributed by atoms with E-state index in [9.17, 15) is 5.11 Å². The number of hydrogen-bond acceptors (Lipinski definition) is 4. The summed E-state index contributed by atoms with van der Waals surface area (Å²) in [4.78, 5) is 1.46. The highest BCUT2D eigenvalue weighted by Crippen LogP contribution is 2.36. The molecule has 1 unspecified atom stereocenters. The molecule has 1 N–H and O–H groups in total. The van der Waals surface area contributed by atoms with Crippen molar-refractivity contribution in [3.8, 4) is 11.5 Å². The van der Waals surface area contributed by atoms with Crippen molar-refractivity contribution in [2.45, 2.75) is 71.3 Å². The van der Waals surface area contributed by atoms with Crippen molar-refractivity contribution in [1.82, 2.24) is 0 Å². The molecular weight excluding hydrogens is 404 g/mol. The maximum Gasteiger partial charge on any atom is 0.122 e. The molecule has 0 fully saturated rings. The van der Waals surface area contributed by atoms with Crippen LogP contribution in [0.5, 0.6) is 11.5 Å². The van der Waals surface area contributed by atoms with Gasteiger partial charge in [-0.2, -0.15) is 0 Å². The Balaban J connectivity index is 1.65. The molecule has 3 nitrogen and oxygen atoms in total. The molecule has 3 aromatic rings. The third-order valence-corrected chi connectivity index (χ3v) is 7.74. The Morgan fingerprint density at radius 3 is 2.45 bits per heavy atom. The van der Waals surface area contributed by atoms with Gasteiger partial charge in [0.1, 0.15) is 18.1 Å². The Morgan fingerprint density at radius 1 is 1.03 bits per heavy atom. The van der Waals surface area contributed by atoms with Crippen LogP contribution in [0, 0.1) is 6.92 Å². The monoisotopic (exact) mass is 440 g/mol. The highest BCUT2D eigenvalue weighted by atomic mass is 32.1. The van der Waals surface area contributed by atoms with Crippen molar-refractivity contribution in [2.24, 2.45) is 0 Å². The van der Waals surface area contributed by atoms with Gasteiger partial charge in [0.15, 0.2) is 0 Å². The SMILES string of the molecule is CCC(CCc1ccc(OCC(O)(CC)CC)c(C)c1)c1cc2ccc(OC)cc2s1. The average Bonchev–Trinajstić information content (AvgIpc) is 3.21. The van der Waals surface area contributed by atoms with E-state index in [2.05, 4.69) is 50.2 Å². The van der Waals surface area contributed by atoms with Crippen molar-refractivity contribution in [1.29, 1.82) is 0 Å². The molecule has 0 spiro atoms. The molecule has 0 aliphatic rings. The Bertz CT molecular complexity index is 987. The summed E-state index contributed by atoms with van der Waals surface area (Å²) in [5, 5.41) is 11.8. The van der Waals surface area contributed by atoms with Gasteiger partial charge < -0.3 is 14.6 Å². The summed E-state index contributed by atoms with van der Waals surface area (Å²) in [5.74, 6) is 2.35. The summed E-state index contributed by atoms with van der Waals surface area (Å²) in [5.41, 5.74) is 1.73. The third kappa shape index (κ3) is 5.81. The molecule has 4 heteroatoms. The van der Waals surface area contributed by atoms with Crippen LogP contribution in [0.4, 0.5) is 0 Å². The van der Waals surface area contributed by atoms with E-state index < -0.39 is 5.60 Å². The minimum absolute atomic E-state index is 0.342. The Labute approximate surface area is 191 Å². The van der Waals surface area contributed by atoms with Gasteiger partial charge in [-0.05, 0) is 91.8 Å². The Kier molecular flexibility index (Phi) is 8.01. The van der Waals surface area contributed by atoms with Crippen LogP contribution in [0.3, 0.4) is 0 Å². The van der Waals surface area contributed by atoms with E-state index in [0.29, 0.717) is 25.4 Å². The number of thiophene rings is 1. The molecule has 0 radical (unpaired) electrons. The number of aryl methyl sites for hydroxylation is 2. The summed E-state index contributed by atoms with van der Waals surface area (Å²) in [6.45, 7) is 8.71. The molecule has 31 heavy (non-hydrogen) atoms. The van der Waals surface area contributed by atoms with Gasteiger partial charge in [0, 0.05) is 9.58 Å². The van der Waals surface area contributed by atoms with E-state index in [4.69, 9.17) is 9.47 Å². The molecule has 0 aliphatic carbocycles. The first-order valence-corrected chi connectivity index (χ1v) is 12.2. The van der Waals surface area contributed by atoms with E-state index in [-0.39, 0.29) is 0 Å². The second-order valence-corrected chi connectivity index (χ2v) is 9.63. The highest BCUT2D eigenvalue weighted by Gasteiger charge is 2.23. The van der Waals surface area contributed by atoms with Gasteiger partial charge in [-0.3, -0.25) is 0 Å². The molecule has 3 rings (SSSR count). The molecular formula is C27H36O3S. The summed E-state index contributed by atoms with van der Waals surface area (Å²) in [7, 11) is 1.72. The summed E-state index contributed by atoms with van der Waals surface area (Å²) in [6, 6.07) is 15.1. The van der Waals surface area contributed by atoms with Gasteiger partial charge >= 0.3 is 0 Å². The average molecular weight is 441 g/mol. The second kappa shape index (κ2) is 10.5. The van der Waals surface area contributed by atoms with E-state index >= 15 is 0 Å². The fourth-order valence-electron chi connectivity index (χ4n) is 3.94. The van der Waals surface area contributed by atoms with Crippen LogP contribution in [0.25, 0.3) is 10.1 Å². The number of rotatable bonds is 11. The zero-order valence-corrected chi connectivity index (χ0v) is 20.3. The molecule has 2 aromatic carbocycles. The molecule has 0 saturated carbocycles. The zero-order valence-electron chi connectivity index (χ0n) is 19.5. The number of benzene rings is 2. The van der Waals surface area contributed by atoms with Gasteiger partial charge in [-0.1, -0.05) is 32.9 Å². The van der Waals surface area contributed by atoms with Crippen LogP contribution in [0.1, 0.15) is 68.4 Å². The van der Waals surface area contributed by atoms with Crippen molar-refractivity contribution in [3.63, 3.8) is 0 Å². The summed E-state index contributed by atoms with van der Waals surface area (Å²) < 4.78 is 12.6. The standard InChI is InChI=1S/C27H36O3S/c1-6-21(25-16-22-12-13-23(29-5)17-26(22)31-25)11-9-20-10-14-24(19(4)15-20)30-18-27(28,7-2)8-3/h10,12-17,21,28H,6-9,11,18H2,1-5H3. The normalized spacial score (nSPS) is 12.8. The lowest BCUT2D eigenvalue weighted by molar-refractivity contribution is -0.0115. The quantitative estimate of drug-likeness (QED) is 0.341. The van der Waals surface area contributed by atoms with Crippen LogP contribution in [-0.4, -0.2) is 24.4 Å². The fourth-order valence-corrected chi connectivity index (χ4v) is 5.25. The number of hydrogen-bond donors (Lipinski definition) is 1. The molecule has 0 amide bonds. The maximum atomic E-state index is 10.5. The molecule has 168 valence electrons. The van der Waals surface area contributed by atoms with Gasteiger partial charge in [0.05, 0.1) is 12.7 Å². The Hall–Kier alpha value is -2.04. The van der Waals surface area contributed by atoms with E-state index in [1.54, 1.807) is 7.11 Å². The number of fused-ring (bicyclic) bond motifs is 1. The zero-order chi connectivity index (χ0) is 22.4. The topological polar surface area (TPSA) is 38.7 Å². The van der Waals surface area contributed by atoms with Crippen LogP contribution >= 0.6 is 11.3 Å². The first-order chi connectivity index (χ1) is 14.9. The minimum Gasteiger partial charge on any atom is -0.497 e. The van der Waals surface area contributed by atoms with Gasteiger partial charge in [0.25, 0.3) is 0 Å². The van der Waals surface area contributed by atoms with Gasteiger partial charge in [-0.15, -0.1) is 11.3 Å². The van der Waals surface area contributed by atoms with Gasteiger partial charge in [-0.25, -0.2) is 0 Å². The Morgan fingerprint density at radius 2 is 1.81 bits per heavy atom. The van der Waals surface area contributed by atoms with Gasteiger partial charge in [0.2, 0.25) is 0 Å². The molecule has 1 heterocycles. The molecule has 0 saturated heterocycles. The van der Waals surface area contributed by atoms with Crippen molar-refractivity contribution >= 4 is 21.4 Å². The predicted octanol–water partition coefficient (Wildman–Crippen LogP) is 7.27. The molecule has 1 atom stereocenters. The largest absolute Gasteiger partial charge is 0.497 e. The maximum absolute atomic E-state index is 10.5. The fraction of sp³-hybridized carbons (Fsp3) is 0.481. The van der Waals surface area contributed by atoms with Crippen LogP contribution in [0.2, 0.25) is 0 Å². The third-order valence-electron chi connectivity index (χ3n) is 6.47. The van der Waals surface area contributed by atoms with E-state index in [1.807, 2.05) is 31.3 Å². The number of methoxy groups -OCH3 is 1. The van der Waals surface area contributed by atoms with E-state index in [0.717, 1.165) is 36.3 Å². The van der Waals surface area contributed by atoms with Crippen LogP contribution < -0.4 is 9.47 Å². The highest BCUT2D eigenvalue weighted by molar-refractivity contribution is 7.19. The predicted molar refractivity (Wildman–Crippen MR) is 132 cm³/mol. The van der Waals surface area contributed by atoms with Crippen LogP contribution in [-0.2, 0) is 6.42 Å². The minimum atomic E-state index is -0.742. The van der Waals surface area contributed by atoms with Crippen LogP contribution in [0.15, 0.2) is 42.5 Å². The summed E-state index contributed by atoms with van der Waals surface area (Å²) >= 11 is 1.89.